The lowest BCUT2D eigenvalue weighted by atomic mass is 10.0. The van der Waals surface area contributed by atoms with E-state index in [1.807, 2.05) is 4.90 Å². The molecule has 6 nitrogen and oxygen atoms in total. The largest absolute Gasteiger partial charge is 0.467 e. The van der Waals surface area contributed by atoms with Gasteiger partial charge in [0, 0.05) is 31.2 Å². The van der Waals surface area contributed by atoms with E-state index in [4.69, 9.17) is 9.47 Å². The topological polar surface area (TPSA) is 54.0 Å². The van der Waals surface area contributed by atoms with Crippen LogP contribution in [-0.4, -0.2) is 61.4 Å². The van der Waals surface area contributed by atoms with E-state index in [-0.39, 0.29) is 18.6 Å². The summed E-state index contributed by atoms with van der Waals surface area (Å²) in [6, 6.07) is 3.54. The molecule has 0 spiro atoms. The summed E-state index contributed by atoms with van der Waals surface area (Å²) in [5.41, 5.74) is 1.51. The van der Waals surface area contributed by atoms with Gasteiger partial charge in [0.2, 0.25) is 0 Å². The molecular formula is C20H28FN3O3. The van der Waals surface area contributed by atoms with Crippen molar-refractivity contribution in [3.63, 3.8) is 0 Å². The number of nitrogens with zero attached hydrogens (tertiary/aromatic N) is 2. The van der Waals surface area contributed by atoms with Gasteiger partial charge in [0.05, 0.1) is 6.61 Å². The van der Waals surface area contributed by atoms with Crippen molar-refractivity contribution in [2.24, 2.45) is 0 Å². The first-order chi connectivity index (χ1) is 13.2. The summed E-state index contributed by atoms with van der Waals surface area (Å²) in [5.74, 6) is 0.400. The third kappa shape index (κ3) is 4.35. The lowest BCUT2D eigenvalue weighted by Crippen LogP contribution is -2.49. The van der Waals surface area contributed by atoms with E-state index < -0.39 is 0 Å². The van der Waals surface area contributed by atoms with Gasteiger partial charge in [0.25, 0.3) is 0 Å². The second-order valence-corrected chi connectivity index (χ2v) is 7.61. The van der Waals surface area contributed by atoms with Gasteiger partial charge < -0.3 is 24.6 Å². The van der Waals surface area contributed by atoms with Crippen LogP contribution in [-0.2, 0) is 17.8 Å². The molecule has 148 valence electrons. The van der Waals surface area contributed by atoms with E-state index in [0.717, 1.165) is 37.1 Å². The number of fused-ring (bicyclic) bond motifs is 1. The minimum absolute atomic E-state index is 0.0237. The van der Waals surface area contributed by atoms with Gasteiger partial charge in [0.15, 0.2) is 6.79 Å². The molecule has 3 aliphatic heterocycles. The van der Waals surface area contributed by atoms with Crippen LogP contribution in [0.1, 0.15) is 36.8 Å². The highest BCUT2D eigenvalue weighted by Crippen LogP contribution is 2.29. The van der Waals surface area contributed by atoms with Crippen LogP contribution in [0.3, 0.4) is 0 Å². The van der Waals surface area contributed by atoms with Crippen LogP contribution in [0.2, 0.25) is 0 Å². The lowest BCUT2D eigenvalue weighted by molar-refractivity contribution is -0.0172. The van der Waals surface area contributed by atoms with Crippen molar-refractivity contribution in [3.8, 4) is 5.75 Å². The summed E-state index contributed by atoms with van der Waals surface area (Å²) >= 11 is 0. The van der Waals surface area contributed by atoms with Crippen LogP contribution >= 0.6 is 0 Å². The van der Waals surface area contributed by atoms with Gasteiger partial charge in [0.1, 0.15) is 11.6 Å². The van der Waals surface area contributed by atoms with Crippen LogP contribution in [0.15, 0.2) is 12.1 Å². The number of piperidine rings is 1. The number of hydrogen-bond donors (Lipinski definition) is 1. The highest BCUT2D eigenvalue weighted by atomic mass is 19.1. The molecule has 3 heterocycles. The van der Waals surface area contributed by atoms with Gasteiger partial charge in [-0.15, -0.1) is 0 Å². The maximum atomic E-state index is 13.8. The molecule has 4 rings (SSSR count). The molecule has 2 fully saturated rings. The first kappa shape index (κ1) is 18.5. The number of benzene rings is 1. The minimum Gasteiger partial charge on any atom is -0.467 e. The number of ether oxygens (including phenoxy) is 2. The minimum atomic E-state index is -0.298. The zero-order valence-corrected chi connectivity index (χ0v) is 15.7. The summed E-state index contributed by atoms with van der Waals surface area (Å²) in [7, 11) is 0. The van der Waals surface area contributed by atoms with Crippen molar-refractivity contribution < 1.29 is 18.7 Å². The van der Waals surface area contributed by atoms with Gasteiger partial charge in [-0.2, -0.15) is 0 Å². The number of carbonyl (C=O) groups is 1. The molecule has 1 aromatic rings. The first-order valence-corrected chi connectivity index (χ1v) is 9.99. The summed E-state index contributed by atoms with van der Waals surface area (Å²) in [6.07, 6.45) is 5.26. The molecule has 0 radical (unpaired) electrons. The average Bonchev–Trinajstić information content (AvgIpc) is 3.22. The third-order valence-electron chi connectivity index (χ3n) is 5.83. The van der Waals surface area contributed by atoms with E-state index in [9.17, 15) is 9.18 Å². The van der Waals surface area contributed by atoms with Gasteiger partial charge in [-0.05, 0) is 62.9 Å². The molecule has 0 aromatic heterocycles. The molecule has 2 amide bonds. The Morgan fingerprint density at radius 2 is 1.96 bits per heavy atom. The number of carbonyl (C=O) groups excluding carboxylic acids is 1. The smallest absolute Gasteiger partial charge is 0.317 e. The van der Waals surface area contributed by atoms with Crippen LogP contribution < -0.4 is 10.1 Å². The van der Waals surface area contributed by atoms with E-state index in [2.05, 4.69) is 10.2 Å². The highest BCUT2D eigenvalue weighted by Gasteiger charge is 2.28. The molecule has 0 atom stereocenters. The van der Waals surface area contributed by atoms with Crippen LogP contribution in [0, 0.1) is 5.82 Å². The maximum Gasteiger partial charge on any atom is 0.317 e. The monoisotopic (exact) mass is 377 g/mol. The van der Waals surface area contributed by atoms with Crippen molar-refractivity contribution in [3.05, 3.63) is 29.1 Å². The molecule has 0 unspecified atom stereocenters. The van der Waals surface area contributed by atoms with Crippen LogP contribution in [0.25, 0.3) is 0 Å². The van der Waals surface area contributed by atoms with Crippen LogP contribution in [0.4, 0.5) is 9.18 Å². The fraction of sp³-hybridized carbons (Fsp3) is 0.650. The predicted molar refractivity (Wildman–Crippen MR) is 99.2 cm³/mol. The second kappa shape index (κ2) is 8.44. The summed E-state index contributed by atoms with van der Waals surface area (Å²) < 4.78 is 24.5. The van der Waals surface area contributed by atoms with Gasteiger partial charge in [-0.3, -0.25) is 0 Å². The van der Waals surface area contributed by atoms with Crippen molar-refractivity contribution in [2.45, 2.75) is 44.8 Å². The number of halogens is 1. The number of hydrogen-bond acceptors (Lipinski definition) is 4. The fourth-order valence-electron chi connectivity index (χ4n) is 4.40. The molecule has 27 heavy (non-hydrogen) atoms. The van der Waals surface area contributed by atoms with Gasteiger partial charge in [-0.25, -0.2) is 9.18 Å². The Labute approximate surface area is 159 Å². The molecule has 7 heteroatoms. The zero-order chi connectivity index (χ0) is 18.6. The number of amides is 2. The predicted octanol–water partition coefficient (Wildman–Crippen LogP) is 2.50. The molecule has 0 aliphatic carbocycles. The third-order valence-corrected chi connectivity index (χ3v) is 5.83. The molecule has 3 aliphatic rings. The average molecular weight is 377 g/mol. The van der Waals surface area contributed by atoms with Crippen LogP contribution in [0.5, 0.6) is 5.75 Å². The molecule has 1 aromatic carbocycles. The Morgan fingerprint density at radius 3 is 2.74 bits per heavy atom. The molecule has 1 N–H and O–H groups in total. The van der Waals surface area contributed by atoms with E-state index >= 15 is 0 Å². The molecule has 0 saturated carbocycles. The Morgan fingerprint density at radius 1 is 1.19 bits per heavy atom. The van der Waals surface area contributed by atoms with Gasteiger partial charge >= 0.3 is 6.03 Å². The summed E-state index contributed by atoms with van der Waals surface area (Å²) in [5, 5.41) is 2.98. The normalized spacial score (nSPS) is 21.0. The fourth-order valence-corrected chi connectivity index (χ4v) is 4.40. The quantitative estimate of drug-likeness (QED) is 0.876. The van der Waals surface area contributed by atoms with Crippen molar-refractivity contribution in [1.82, 2.24) is 15.1 Å². The lowest BCUT2D eigenvalue weighted by Gasteiger charge is -2.36. The second-order valence-electron chi connectivity index (χ2n) is 7.61. The number of likely N-dealkylation sites (tertiary alicyclic amines) is 2. The highest BCUT2D eigenvalue weighted by molar-refractivity contribution is 5.74. The van der Waals surface area contributed by atoms with Crippen molar-refractivity contribution >= 4 is 6.03 Å². The zero-order valence-electron chi connectivity index (χ0n) is 15.7. The number of nitrogens with one attached hydrogen (secondary N) is 1. The maximum absolute atomic E-state index is 13.8. The Balaban J connectivity index is 1.25. The standard InChI is InChI=1S/C20H28FN3O3/c21-17-11-15(19-16(12-17)13-26-14-27-19)3-6-22-20(25)24-9-4-18(5-10-24)23-7-1-2-8-23/h11-12,18H,1-10,13-14H2,(H,22,25). The van der Waals surface area contributed by atoms with E-state index in [1.54, 1.807) is 0 Å². The van der Waals surface area contributed by atoms with E-state index in [0.29, 0.717) is 31.4 Å². The number of rotatable bonds is 4. The Hall–Kier alpha value is -1.86. The molecule has 2 saturated heterocycles. The van der Waals surface area contributed by atoms with Gasteiger partial charge in [-0.1, -0.05) is 0 Å². The molecule has 0 bridgehead atoms. The summed E-state index contributed by atoms with van der Waals surface area (Å²) in [4.78, 5) is 16.9. The molecular weight excluding hydrogens is 349 g/mol. The Kier molecular flexibility index (Phi) is 5.78. The van der Waals surface area contributed by atoms with Crippen molar-refractivity contribution in [1.29, 1.82) is 0 Å². The Bertz CT molecular complexity index is 671. The summed E-state index contributed by atoms with van der Waals surface area (Å²) in [6.45, 7) is 5.04. The first-order valence-electron chi connectivity index (χ1n) is 9.99. The number of urea groups is 1. The van der Waals surface area contributed by atoms with Crippen molar-refractivity contribution in [2.75, 3.05) is 39.5 Å². The van der Waals surface area contributed by atoms with E-state index in [1.165, 1.54) is 38.1 Å². The SMILES string of the molecule is O=C(NCCc1cc(F)cc2c1OCOC2)N1CCC(N2CCCC2)CC1.